The molecule has 0 aliphatic carbocycles. The van der Waals surface area contributed by atoms with Gasteiger partial charge in [-0.1, -0.05) is 30.7 Å². The lowest BCUT2D eigenvalue weighted by Crippen LogP contribution is -2.29. The van der Waals surface area contributed by atoms with Crippen LogP contribution in [-0.2, 0) is 9.59 Å². The van der Waals surface area contributed by atoms with Gasteiger partial charge in [-0.05, 0) is 73.5 Å². The first kappa shape index (κ1) is 26.1. The molecule has 37 heavy (non-hydrogen) atoms. The van der Waals surface area contributed by atoms with Gasteiger partial charge in [0.05, 0.1) is 37.0 Å². The fourth-order valence-electron chi connectivity index (χ4n) is 4.20. The molecule has 0 bridgehead atoms. The van der Waals surface area contributed by atoms with E-state index in [9.17, 15) is 14.7 Å². The minimum absolute atomic E-state index is 0.0344. The van der Waals surface area contributed by atoms with Crippen molar-refractivity contribution in [1.82, 2.24) is 0 Å². The van der Waals surface area contributed by atoms with Crippen molar-refractivity contribution in [3.63, 3.8) is 0 Å². The number of ketones is 1. The second-order valence-corrected chi connectivity index (χ2v) is 8.77. The molecule has 0 saturated carbocycles. The third kappa shape index (κ3) is 5.27. The van der Waals surface area contributed by atoms with Crippen LogP contribution in [-0.4, -0.2) is 37.1 Å². The molecule has 0 aromatic heterocycles. The quantitative estimate of drug-likeness (QED) is 0.206. The average molecular weight is 522 g/mol. The van der Waals surface area contributed by atoms with Gasteiger partial charge < -0.3 is 19.3 Å². The van der Waals surface area contributed by atoms with Crippen LogP contribution in [0.25, 0.3) is 5.76 Å². The van der Waals surface area contributed by atoms with Gasteiger partial charge in [-0.3, -0.25) is 14.5 Å². The van der Waals surface area contributed by atoms with Crippen LogP contribution in [0.15, 0.2) is 72.3 Å². The van der Waals surface area contributed by atoms with Crippen LogP contribution in [0, 0.1) is 0 Å². The Bertz CT molecular complexity index is 1320. The van der Waals surface area contributed by atoms with E-state index in [4.69, 9.17) is 25.8 Å². The van der Waals surface area contributed by atoms with Crippen molar-refractivity contribution in [3.05, 3.63) is 88.5 Å². The number of amides is 1. The Morgan fingerprint density at radius 1 is 0.946 bits per heavy atom. The van der Waals surface area contributed by atoms with Crippen LogP contribution >= 0.6 is 11.6 Å². The van der Waals surface area contributed by atoms with Crippen LogP contribution < -0.4 is 19.1 Å². The Morgan fingerprint density at radius 3 is 2.24 bits per heavy atom. The molecule has 1 aliphatic rings. The third-order valence-electron chi connectivity index (χ3n) is 5.97. The molecule has 1 fully saturated rings. The summed E-state index contributed by atoms with van der Waals surface area (Å²) >= 11 is 6.22. The molecule has 1 aliphatic heterocycles. The lowest BCUT2D eigenvalue weighted by molar-refractivity contribution is -0.132. The van der Waals surface area contributed by atoms with Crippen LogP contribution in [0.2, 0.25) is 5.02 Å². The van der Waals surface area contributed by atoms with Gasteiger partial charge in [0.2, 0.25) is 0 Å². The second-order valence-electron chi connectivity index (χ2n) is 8.36. The van der Waals surface area contributed by atoms with Crippen molar-refractivity contribution >= 4 is 34.7 Å². The van der Waals surface area contributed by atoms with E-state index < -0.39 is 17.7 Å². The van der Waals surface area contributed by atoms with Crippen molar-refractivity contribution in [2.24, 2.45) is 0 Å². The number of Topliss-reactive ketones (excluding diaryl/α,β-unsaturated/α-hetero) is 1. The van der Waals surface area contributed by atoms with E-state index >= 15 is 0 Å². The van der Waals surface area contributed by atoms with E-state index in [1.54, 1.807) is 73.8 Å². The lowest BCUT2D eigenvalue weighted by atomic mass is 9.95. The molecule has 1 N–H and O–H groups in total. The fourth-order valence-corrected chi connectivity index (χ4v) is 4.37. The number of nitrogens with zero attached hydrogens (tertiary/aromatic N) is 1. The molecule has 192 valence electrons. The number of rotatable bonds is 9. The van der Waals surface area contributed by atoms with Crippen LogP contribution in [0.1, 0.15) is 37.4 Å². The Morgan fingerprint density at radius 2 is 1.62 bits per heavy atom. The van der Waals surface area contributed by atoms with Crippen molar-refractivity contribution < 1.29 is 28.9 Å². The number of hydrogen-bond donors (Lipinski definition) is 1. The SMILES string of the molecule is CCCOc1ccc(C2/C(=C(/O)c3ccc(Cl)c(OCC)c3)C(=O)C(=O)N2c2ccc(OC)cc2)cc1. The van der Waals surface area contributed by atoms with Gasteiger partial charge in [0.25, 0.3) is 11.7 Å². The van der Waals surface area contributed by atoms with Crippen LogP contribution in [0.4, 0.5) is 5.69 Å². The highest BCUT2D eigenvalue weighted by Gasteiger charge is 2.47. The highest BCUT2D eigenvalue weighted by molar-refractivity contribution is 6.51. The molecular formula is C29H28ClNO6. The summed E-state index contributed by atoms with van der Waals surface area (Å²) in [5.41, 5.74) is 1.41. The molecule has 4 rings (SSSR count). The molecule has 7 nitrogen and oxygen atoms in total. The molecule has 0 spiro atoms. The van der Waals surface area contributed by atoms with Crippen molar-refractivity contribution in [1.29, 1.82) is 0 Å². The average Bonchev–Trinajstić information content (AvgIpc) is 3.18. The molecule has 1 atom stereocenters. The standard InChI is InChI=1S/C29H28ClNO6/c1-4-16-37-22-11-6-18(7-12-22)26-25(27(32)19-8-15-23(30)24(17-19)36-5-2)28(33)29(34)31(26)20-9-13-21(35-3)14-10-20/h6-15,17,26,32H,4-5,16H2,1-3H3/b27-25-. The summed E-state index contributed by atoms with van der Waals surface area (Å²) in [5.74, 6) is -0.209. The monoisotopic (exact) mass is 521 g/mol. The molecule has 0 radical (unpaired) electrons. The molecule has 3 aromatic carbocycles. The number of benzene rings is 3. The minimum Gasteiger partial charge on any atom is -0.507 e. The maximum absolute atomic E-state index is 13.4. The Balaban J connectivity index is 1.86. The number of ether oxygens (including phenoxy) is 3. The number of carbonyl (C=O) groups is 2. The zero-order chi connectivity index (χ0) is 26.5. The zero-order valence-electron chi connectivity index (χ0n) is 20.9. The van der Waals surface area contributed by atoms with E-state index in [-0.39, 0.29) is 11.3 Å². The minimum atomic E-state index is -0.875. The molecule has 8 heteroatoms. The first-order chi connectivity index (χ1) is 17.9. The summed E-state index contributed by atoms with van der Waals surface area (Å²) in [6, 6.07) is 17.8. The summed E-state index contributed by atoms with van der Waals surface area (Å²) in [6.07, 6.45) is 0.865. The smallest absolute Gasteiger partial charge is 0.300 e. The maximum atomic E-state index is 13.4. The number of aliphatic hydroxyl groups is 1. The number of anilines is 1. The number of methoxy groups -OCH3 is 1. The number of carbonyl (C=O) groups excluding carboxylic acids is 2. The lowest BCUT2D eigenvalue weighted by Gasteiger charge is -2.25. The zero-order valence-corrected chi connectivity index (χ0v) is 21.6. The van der Waals surface area contributed by atoms with Gasteiger partial charge in [-0.15, -0.1) is 0 Å². The molecule has 1 unspecified atom stereocenters. The van der Waals surface area contributed by atoms with Crippen LogP contribution in [0.5, 0.6) is 17.2 Å². The number of hydrogen-bond acceptors (Lipinski definition) is 6. The summed E-state index contributed by atoms with van der Waals surface area (Å²) < 4.78 is 16.5. The van der Waals surface area contributed by atoms with Gasteiger partial charge in [0.1, 0.15) is 23.0 Å². The van der Waals surface area contributed by atoms with Gasteiger partial charge in [-0.2, -0.15) is 0 Å². The Kier molecular flexibility index (Phi) is 8.04. The van der Waals surface area contributed by atoms with Crippen molar-refractivity contribution in [2.75, 3.05) is 25.2 Å². The molecule has 1 saturated heterocycles. The first-order valence-corrected chi connectivity index (χ1v) is 12.4. The Labute approximate surface area is 220 Å². The summed E-state index contributed by atoms with van der Waals surface area (Å²) in [6.45, 7) is 4.78. The number of halogens is 1. The van der Waals surface area contributed by atoms with E-state index in [2.05, 4.69) is 0 Å². The van der Waals surface area contributed by atoms with Gasteiger partial charge in [0.15, 0.2) is 0 Å². The Hall–Kier alpha value is -3.97. The molecule has 1 amide bonds. The fraction of sp³-hybridized carbons (Fsp3) is 0.241. The molecule has 1 heterocycles. The summed E-state index contributed by atoms with van der Waals surface area (Å²) in [7, 11) is 1.55. The van der Waals surface area contributed by atoms with E-state index in [0.29, 0.717) is 52.3 Å². The van der Waals surface area contributed by atoms with E-state index in [0.717, 1.165) is 6.42 Å². The first-order valence-electron chi connectivity index (χ1n) is 12.0. The third-order valence-corrected chi connectivity index (χ3v) is 6.28. The van der Waals surface area contributed by atoms with Gasteiger partial charge in [0, 0.05) is 11.3 Å². The topological polar surface area (TPSA) is 85.3 Å². The molecular weight excluding hydrogens is 494 g/mol. The number of aliphatic hydroxyl groups excluding tert-OH is 1. The summed E-state index contributed by atoms with van der Waals surface area (Å²) in [5, 5.41) is 11.7. The highest BCUT2D eigenvalue weighted by atomic mass is 35.5. The van der Waals surface area contributed by atoms with E-state index in [1.165, 1.54) is 4.90 Å². The van der Waals surface area contributed by atoms with E-state index in [1.807, 2.05) is 13.8 Å². The predicted molar refractivity (Wildman–Crippen MR) is 143 cm³/mol. The van der Waals surface area contributed by atoms with Crippen LogP contribution in [0.3, 0.4) is 0 Å². The second kappa shape index (κ2) is 11.4. The van der Waals surface area contributed by atoms with Crippen molar-refractivity contribution in [2.45, 2.75) is 26.3 Å². The maximum Gasteiger partial charge on any atom is 0.300 e. The van der Waals surface area contributed by atoms with Gasteiger partial charge >= 0.3 is 0 Å². The van der Waals surface area contributed by atoms with Crippen molar-refractivity contribution in [3.8, 4) is 17.2 Å². The predicted octanol–water partition coefficient (Wildman–Crippen LogP) is 6.16. The summed E-state index contributed by atoms with van der Waals surface area (Å²) in [4.78, 5) is 28.1. The normalized spacial score (nSPS) is 16.6. The highest BCUT2D eigenvalue weighted by Crippen LogP contribution is 2.43. The largest absolute Gasteiger partial charge is 0.507 e. The van der Waals surface area contributed by atoms with Gasteiger partial charge in [-0.25, -0.2) is 0 Å². The molecule has 3 aromatic rings.